The summed E-state index contributed by atoms with van der Waals surface area (Å²) in [4.78, 5) is 33.7. The van der Waals surface area contributed by atoms with Crippen molar-refractivity contribution in [1.82, 2.24) is 15.2 Å². The molecule has 0 radical (unpaired) electrons. The number of nitrogens with one attached hydrogen (secondary N) is 2. The van der Waals surface area contributed by atoms with Crippen molar-refractivity contribution in [3.05, 3.63) is 95.9 Å². The molecular formula is C28H27FN4O4S. The molecule has 5 rings (SSSR count). The number of fused-ring (bicyclic) bond motifs is 1. The third-order valence-corrected chi connectivity index (χ3v) is 7.86. The van der Waals surface area contributed by atoms with Crippen LogP contribution in [0.4, 0.5) is 10.1 Å². The number of para-hydroxylation sites is 1. The lowest BCUT2D eigenvalue weighted by molar-refractivity contribution is -0.133. The maximum atomic E-state index is 14.1. The Morgan fingerprint density at radius 3 is 2.45 bits per heavy atom. The van der Waals surface area contributed by atoms with E-state index >= 15 is 0 Å². The number of nitrogens with zero attached hydrogens (tertiary/aromatic N) is 2. The lowest BCUT2D eigenvalue weighted by Crippen LogP contribution is -2.52. The topological polar surface area (TPSA) is 103 Å². The molecule has 2 amide bonds. The standard InChI is InChI=1S/C28H27FN4O4S/c1-38(36,37)25-8-3-2-7-24(25)32-13-15-33(16-14-32)28(35)26(20-5-4-6-22(29)17-20)31-27(34)21-10-9-19-11-12-30-23(19)18-21/h2-12,17-18,26,30H,13-16H2,1H3,(H,31,34). The lowest BCUT2D eigenvalue weighted by atomic mass is 10.0. The third-order valence-electron chi connectivity index (χ3n) is 6.72. The van der Waals surface area contributed by atoms with E-state index in [-0.39, 0.29) is 10.8 Å². The van der Waals surface area contributed by atoms with Crippen molar-refractivity contribution in [3.63, 3.8) is 0 Å². The van der Waals surface area contributed by atoms with Gasteiger partial charge in [-0.2, -0.15) is 0 Å². The largest absolute Gasteiger partial charge is 0.367 e. The number of anilines is 1. The van der Waals surface area contributed by atoms with Crippen LogP contribution in [-0.4, -0.2) is 62.6 Å². The summed E-state index contributed by atoms with van der Waals surface area (Å²) in [5, 5.41) is 3.75. The molecule has 4 aromatic rings. The number of piperazine rings is 1. The number of benzene rings is 3. The van der Waals surface area contributed by atoms with Crippen molar-refractivity contribution in [3.8, 4) is 0 Å². The van der Waals surface area contributed by atoms with E-state index in [2.05, 4.69) is 10.3 Å². The second-order valence-electron chi connectivity index (χ2n) is 9.29. The van der Waals surface area contributed by atoms with Crippen LogP contribution < -0.4 is 10.2 Å². The molecule has 1 atom stereocenters. The van der Waals surface area contributed by atoms with Crippen molar-refractivity contribution in [2.45, 2.75) is 10.9 Å². The highest BCUT2D eigenvalue weighted by molar-refractivity contribution is 7.90. The number of aromatic amines is 1. The minimum Gasteiger partial charge on any atom is -0.367 e. The van der Waals surface area contributed by atoms with Crippen LogP contribution in [-0.2, 0) is 14.6 Å². The summed E-state index contributed by atoms with van der Waals surface area (Å²) in [5.74, 6) is -1.32. The minimum absolute atomic E-state index is 0.240. The number of halogens is 1. The summed E-state index contributed by atoms with van der Waals surface area (Å²) in [7, 11) is -3.42. The molecule has 0 aliphatic carbocycles. The van der Waals surface area contributed by atoms with Crippen LogP contribution in [0.5, 0.6) is 0 Å². The molecule has 0 spiro atoms. The van der Waals surface area contributed by atoms with Gasteiger partial charge in [0, 0.05) is 49.7 Å². The van der Waals surface area contributed by atoms with Crippen LogP contribution in [0.25, 0.3) is 10.9 Å². The number of carbonyl (C=O) groups excluding carboxylic acids is 2. The Morgan fingerprint density at radius 2 is 1.71 bits per heavy atom. The van der Waals surface area contributed by atoms with Gasteiger partial charge in [-0.05, 0) is 53.4 Å². The predicted molar refractivity (Wildman–Crippen MR) is 143 cm³/mol. The Balaban J connectivity index is 1.36. The van der Waals surface area contributed by atoms with E-state index in [1.165, 1.54) is 24.5 Å². The van der Waals surface area contributed by atoms with Crippen molar-refractivity contribution >= 4 is 38.2 Å². The molecule has 1 aliphatic rings. The van der Waals surface area contributed by atoms with Gasteiger partial charge in [-0.25, -0.2) is 12.8 Å². The summed E-state index contributed by atoms with van der Waals surface area (Å²) < 4.78 is 38.6. The second-order valence-corrected chi connectivity index (χ2v) is 11.3. The maximum absolute atomic E-state index is 14.1. The fourth-order valence-corrected chi connectivity index (χ4v) is 5.66. The summed E-state index contributed by atoms with van der Waals surface area (Å²) in [6.07, 6.45) is 2.95. The van der Waals surface area contributed by atoms with E-state index in [9.17, 15) is 22.4 Å². The van der Waals surface area contributed by atoms with Crippen LogP contribution in [0.15, 0.2) is 83.9 Å². The molecule has 38 heavy (non-hydrogen) atoms. The molecule has 2 N–H and O–H groups in total. The van der Waals surface area contributed by atoms with Crippen LogP contribution in [0.2, 0.25) is 0 Å². The summed E-state index contributed by atoms with van der Waals surface area (Å²) >= 11 is 0. The number of amides is 2. The quantitative estimate of drug-likeness (QED) is 0.394. The molecule has 1 aromatic heterocycles. The Bertz CT molecular complexity index is 1610. The first-order valence-electron chi connectivity index (χ1n) is 12.2. The van der Waals surface area contributed by atoms with Gasteiger partial charge in [-0.1, -0.05) is 30.3 Å². The van der Waals surface area contributed by atoms with Crippen molar-refractivity contribution < 1.29 is 22.4 Å². The smallest absolute Gasteiger partial charge is 0.252 e. The van der Waals surface area contributed by atoms with Gasteiger partial charge in [0.25, 0.3) is 5.91 Å². The number of rotatable bonds is 6. The van der Waals surface area contributed by atoms with Gasteiger partial charge in [0.15, 0.2) is 9.84 Å². The van der Waals surface area contributed by atoms with E-state index < -0.39 is 27.6 Å². The van der Waals surface area contributed by atoms with Gasteiger partial charge in [0.2, 0.25) is 5.91 Å². The normalized spacial score (nSPS) is 14.9. The van der Waals surface area contributed by atoms with Gasteiger partial charge < -0.3 is 20.1 Å². The van der Waals surface area contributed by atoms with E-state index in [1.54, 1.807) is 53.6 Å². The zero-order valence-electron chi connectivity index (χ0n) is 20.7. The van der Waals surface area contributed by atoms with Gasteiger partial charge >= 0.3 is 0 Å². The predicted octanol–water partition coefficient (Wildman–Crippen LogP) is 3.53. The Morgan fingerprint density at radius 1 is 0.947 bits per heavy atom. The van der Waals surface area contributed by atoms with E-state index in [0.717, 1.165) is 10.9 Å². The summed E-state index contributed by atoms with van der Waals surface area (Å²) in [6.45, 7) is 1.44. The van der Waals surface area contributed by atoms with Gasteiger partial charge in [-0.15, -0.1) is 0 Å². The van der Waals surface area contributed by atoms with E-state index in [1.807, 2.05) is 17.0 Å². The van der Waals surface area contributed by atoms with Crippen molar-refractivity contribution in [1.29, 1.82) is 0 Å². The second kappa shape index (κ2) is 10.3. The Kier molecular flexibility index (Phi) is 6.90. The van der Waals surface area contributed by atoms with E-state index in [4.69, 9.17) is 0 Å². The number of carbonyl (C=O) groups is 2. The highest BCUT2D eigenvalue weighted by atomic mass is 32.2. The van der Waals surface area contributed by atoms with Gasteiger partial charge in [0.1, 0.15) is 11.9 Å². The number of sulfone groups is 1. The fraction of sp³-hybridized carbons (Fsp3) is 0.214. The highest BCUT2D eigenvalue weighted by Crippen LogP contribution is 2.27. The molecule has 1 saturated heterocycles. The van der Waals surface area contributed by atoms with Crippen LogP contribution in [0, 0.1) is 5.82 Å². The maximum Gasteiger partial charge on any atom is 0.252 e. The third kappa shape index (κ3) is 5.26. The number of H-pyrrole nitrogens is 1. The molecule has 1 unspecified atom stereocenters. The Labute approximate surface area is 220 Å². The van der Waals surface area contributed by atoms with E-state index in [0.29, 0.717) is 43.0 Å². The zero-order chi connectivity index (χ0) is 26.9. The molecule has 196 valence electrons. The van der Waals surface area contributed by atoms with Crippen molar-refractivity contribution in [2.24, 2.45) is 0 Å². The van der Waals surface area contributed by atoms with Crippen LogP contribution in [0.1, 0.15) is 22.0 Å². The first kappa shape index (κ1) is 25.5. The average molecular weight is 535 g/mol. The Hall–Kier alpha value is -4.18. The number of hydrogen-bond acceptors (Lipinski definition) is 5. The average Bonchev–Trinajstić information content (AvgIpc) is 3.39. The van der Waals surface area contributed by atoms with Gasteiger partial charge in [-0.3, -0.25) is 9.59 Å². The molecule has 1 aliphatic heterocycles. The molecule has 8 nitrogen and oxygen atoms in total. The molecule has 10 heteroatoms. The number of aromatic nitrogens is 1. The molecule has 2 heterocycles. The molecule has 0 saturated carbocycles. The minimum atomic E-state index is -3.42. The zero-order valence-corrected chi connectivity index (χ0v) is 21.5. The summed E-state index contributed by atoms with van der Waals surface area (Å²) in [6, 6.07) is 18.4. The molecular weight excluding hydrogens is 507 g/mol. The molecule has 0 bridgehead atoms. The number of hydrogen-bond donors (Lipinski definition) is 2. The monoisotopic (exact) mass is 534 g/mol. The van der Waals surface area contributed by atoms with Crippen LogP contribution >= 0.6 is 0 Å². The molecule has 3 aromatic carbocycles. The molecule has 1 fully saturated rings. The SMILES string of the molecule is CS(=O)(=O)c1ccccc1N1CCN(C(=O)C(NC(=O)c2ccc3cc[nH]c3c2)c2cccc(F)c2)CC1. The first-order chi connectivity index (χ1) is 18.2. The fourth-order valence-electron chi connectivity index (χ4n) is 4.76. The van der Waals surface area contributed by atoms with Crippen LogP contribution in [0.3, 0.4) is 0 Å². The summed E-state index contributed by atoms with van der Waals surface area (Å²) in [5.41, 5.74) is 2.10. The lowest BCUT2D eigenvalue weighted by Gasteiger charge is -2.38. The first-order valence-corrected chi connectivity index (χ1v) is 14.1. The van der Waals surface area contributed by atoms with Gasteiger partial charge in [0.05, 0.1) is 10.6 Å². The van der Waals surface area contributed by atoms with Crippen molar-refractivity contribution in [2.75, 3.05) is 37.3 Å². The highest BCUT2D eigenvalue weighted by Gasteiger charge is 2.31.